The highest BCUT2D eigenvalue weighted by Gasteiger charge is 2.34. The molecule has 0 radical (unpaired) electrons. The zero-order chi connectivity index (χ0) is 20.7. The lowest BCUT2D eigenvalue weighted by Gasteiger charge is -2.20. The van der Waals surface area contributed by atoms with Gasteiger partial charge in [0, 0.05) is 32.7 Å². The summed E-state index contributed by atoms with van der Waals surface area (Å²) in [7, 11) is 3.15. The van der Waals surface area contributed by atoms with E-state index in [4.69, 9.17) is 21.1 Å². The maximum atomic E-state index is 12.5. The standard InChI is InChI=1S/C18H26ClF3N4O2.HI/c1-4-28-16-14(19)7-12(8-15(16)27-3)9-24-17(23-2)25-13-5-6-26(10-13)11-18(20,21)22;/h7-8,13H,4-6,9-11H2,1-3H3,(H2,23,24,25);1H. The number of methoxy groups -OCH3 is 1. The quantitative estimate of drug-likeness (QED) is 0.308. The van der Waals surface area contributed by atoms with Gasteiger partial charge in [-0.25, -0.2) is 0 Å². The molecule has 6 nitrogen and oxygen atoms in total. The summed E-state index contributed by atoms with van der Waals surface area (Å²) in [6.07, 6.45) is -3.56. The van der Waals surface area contributed by atoms with Crippen LogP contribution >= 0.6 is 35.6 Å². The topological polar surface area (TPSA) is 58.1 Å². The smallest absolute Gasteiger partial charge is 0.401 e. The Hall–Kier alpha value is -1.14. The Bertz CT molecular complexity index is 692. The second kappa shape index (κ2) is 11.9. The van der Waals surface area contributed by atoms with E-state index in [1.807, 2.05) is 13.0 Å². The van der Waals surface area contributed by atoms with Crippen LogP contribution in [0.15, 0.2) is 17.1 Å². The van der Waals surface area contributed by atoms with E-state index >= 15 is 0 Å². The van der Waals surface area contributed by atoms with Crippen LogP contribution in [0.2, 0.25) is 5.02 Å². The van der Waals surface area contributed by atoms with Crippen molar-refractivity contribution in [1.82, 2.24) is 15.5 Å². The molecule has 11 heteroatoms. The van der Waals surface area contributed by atoms with E-state index in [1.54, 1.807) is 20.2 Å². The molecular weight excluding hydrogens is 524 g/mol. The van der Waals surface area contributed by atoms with E-state index in [-0.39, 0.29) is 30.0 Å². The number of benzene rings is 1. The Morgan fingerprint density at radius 3 is 2.69 bits per heavy atom. The fourth-order valence-corrected chi connectivity index (χ4v) is 3.37. The van der Waals surface area contributed by atoms with Crippen molar-refractivity contribution in [1.29, 1.82) is 0 Å². The highest BCUT2D eigenvalue weighted by atomic mass is 127. The normalized spacial score (nSPS) is 17.6. The summed E-state index contributed by atoms with van der Waals surface area (Å²) in [4.78, 5) is 5.53. The third-order valence-electron chi connectivity index (χ3n) is 4.28. The minimum atomic E-state index is -4.18. The molecule has 0 aliphatic carbocycles. The second-order valence-corrected chi connectivity index (χ2v) is 6.86. The first-order valence-corrected chi connectivity index (χ1v) is 9.39. The molecule has 1 atom stereocenters. The SMILES string of the molecule is CCOc1c(Cl)cc(CNC(=NC)NC2CCN(CC(F)(F)F)C2)cc1OC.I. The van der Waals surface area contributed by atoms with Crippen LogP contribution in [0.1, 0.15) is 18.9 Å². The number of halogens is 5. The minimum absolute atomic E-state index is 0. The number of rotatable bonds is 7. The summed E-state index contributed by atoms with van der Waals surface area (Å²) >= 11 is 6.27. The third kappa shape index (κ3) is 8.25. The summed E-state index contributed by atoms with van der Waals surface area (Å²) in [5, 5.41) is 6.76. The number of guanidine groups is 1. The Labute approximate surface area is 191 Å². The van der Waals surface area contributed by atoms with Gasteiger partial charge in [0.2, 0.25) is 0 Å². The average Bonchev–Trinajstić information content (AvgIpc) is 3.05. The monoisotopic (exact) mass is 550 g/mol. The fraction of sp³-hybridized carbons (Fsp3) is 0.611. The van der Waals surface area contributed by atoms with Crippen LogP contribution in [0, 0.1) is 0 Å². The van der Waals surface area contributed by atoms with Crippen molar-refractivity contribution in [2.75, 3.05) is 40.4 Å². The van der Waals surface area contributed by atoms with Gasteiger partial charge in [0.15, 0.2) is 17.5 Å². The molecule has 1 aliphatic heterocycles. The number of aliphatic imine (C=N–C) groups is 1. The van der Waals surface area contributed by atoms with Crippen molar-refractivity contribution >= 4 is 41.5 Å². The van der Waals surface area contributed by atoms with Gasteiger partial charge < -0.3 is 20.1 Å². The van der Waals surface area contributed by atoms with E-state index < -0.39 is 12.7 Å². The molecule has 1 saturated heterocycles. The van der Waals surface area contributed by atoms with E-state index in [0.717, 1.165) is 5.56 Å². The van der Waals surface area contributed by atoms with Gasteiger partial charge in [-0.1, -0.05) is 11.6 Å². The predicted octanol–water partition coefficient (Wildman–Crippen LogP) is 3.67. The van der Waals surface area contributed by atoms with Gasteiger partial charge in [-0.3, -0.25) is 9.89 Å². The molecule has 0 saturated carbocycles. The predicted molar refractivity (Wildman–Crippen MR) is 119 cm³/mol. The van der Waals surface area contributed by atoms with Crippen molar-refractivity contribution in [3.05, 3.63) is 22.7 Å². The van der Waals surface area contributed by atoms with Gasteiger partial charge in [0.05, 0.1) is 25.3 Å². The Kier molecular flexibility index (Phi) is 10.6. The number of nitrogens with zero attached hydrogens (tertiary/aromatic N) is 2. The lowest BCUT2D eigenvalue weighted by atomic mass is 10.2. The molecule has 1 aromatic carbocycles. The molecule has 0 bridgehead atoms. The van der Waals surface area contributed by atoms with Crippen molar-refractivity contribution in [2.24, 2.45) is 4.99 Å². The zero-order valence-electron chi connectivity index (χ0n) is 16.6. The fourth-order valence-electron chi connectivity index (χ4n) is 3.08. The molecule has 166 valence electrons. The Morgan fingerprint density at radius 2 is 2.10 bits per heavy atom. The lowest BCUT2D eigenvalue weighted by Crippen LogP contribution is -2.44. The van der Waals surface area contributed by atoms with Crippen molar-refractivity contribution in [3.63, 3.8) is 0 Å². The number of hydrogen-bond donors (Lipinski definition) is 2. The number of ether oxygens (including phenoxy) is 2. The van der Waals surface area contributed by atoms with Gasteiger partial charge in [0.1, 0.15) is 0 Å². The number of likely N-dealkylation sites (tertiary alicyclic amines) is 1. The van der Waals surface area contributed by atoms with Crippen LogP contribution in [-0.4, -0.2) is 63.5 Å². The molecule has 2 rings (SSSR count). The molecule has 1 aliphatic rings. The number of nitrogens with one attached hydrogen (secondary N) is 2. The van der Waals surface area contributed by atoms with Crippen LogP contribution in [0.3, 0.4) is 0 Å². The molecule has 1 unspecified atom stereocenters. The second-order valence-electron chi connectivity index (χ2n) is 6.45. The molecule has 1 fully saturated rings. The maximum Gasteiger partial charge on any atom is 0.401 e. The Balaban J connectivity index is 0.00000420. The first-order chi connectivity index (χ1) is 13.3. The number of alkyl halides is 3. The molecular formula is C18H27ClF3IN4O2. The van der Waals surface area contributed by atoms with Crippen LogP contribution in [-0.2, 0) is 6.54 Å². The summed E-state index contributed by atoms with van der Waals surface area (Å²) in [5.74, 6) is 1.55. The summed E-state index contributed by atoms with van der Waals surface area (Å²) in [5.41, 5.74) is 0.860. The molecule has 0 amide bonds. The zero-order valence-corrected chi connectivity index (χ0v) is 19.7. The van der Waals surface area contributed by atoms with Gasteiger partial charge in [-0.15, -0.1) is 24.0 Å². The van der Waals surface area contributed by atoms with Gasteiger partial charge in [0.25, 0.3) is 0 Å². The lowest BCUT2D eigenvalue weighted by molar-refractivity contribution is -0.143. The van der Waals surface area contributed by atoms with Crippen molar-refractivity contribution in [2.45, 2.75) is 32.1 Å². The summed E-state index contributed by atoms with van der Waals surface area (Å²) in [6, 6.07) is 3.50. The first-order valence-electron chi connectivity index (χ1n) is 9.01. The molecule has 1 aromatic rings. The van der Waals surface area contributed by atoms with Crippen LogP contribution in [0.4, 0.5) is 13.2 Å². The van der Waals surface area contributed by atoms with Crippen molar-refractivity contribution in [3.8, 4) is 11.5 Å². The van der Waals surface area contributed by atoms with Gasteiger partial charge in [-0.05, 0) is 31.0 Å². The minimum Gasteiger partial charge on any atom is -0.493 e. The molecule has 0 spiro atoms. The number of hydrogen-bond acceptors (Lipinski definition) is 4. The first kappa shape index (κ1) is 25.9. The maximum absolute atomic E-state index is 12.5. The highest BCUT2D eigenvalue weighted by Crippen LogP contribution is 2.36. The van der Waals surface area contributed by atoms with Crippen molar-refractivity contribution < 1.29 is 22.6 Å². The van der Waals surface area contributed by atoms with E-state index in [9.17, 15) is 13.2 Å². The van der Waals surface area contributed by atoms with Gasteiger partial charge in [-0.2, -0.15) is 13.2 Å². The van der Waals surface area contributed by atoms with Gasteiger partial charge >= 0.3 is 6.18 Å². The summed E-state index contributed by atoms with van der Waals surface area (Å²) in [6.45, 7) is 2.59. The highest BCUT2D eigenvalue weighted by molar-refractivity contribution is 14.0. The van der Waals surface area contributed by atoms with E-state index in [1.165, 1.54) is 4.90 Å². The molecule has 2 N–H and O–H groups in total. The molecule has 0 aromatic heterocycles. The van der Waals surface area contributed by atoms with Crippen LogP contribution < -0.4 is 20.1 Å². The average molecular weight is 551 g/mol. The summed E-state index contributed by atoms with van der Waals surface area (Å²) < 4.78 is 48.4. The van der Waals surface area contributed by atoms with E-state index in [0.29, 0.717) is 55.1 Å². The largest absolute Gasteiger partial charge is 0.493 e. The molecule has 29 heavy (non-hydrogen) atoms. The van der Waals surface area contributed by atoms with Crippen LogP contribution in [0.5, 0.6) is 11.5 Å². The Morgan fingerprint density at radius 1 is 1.38 bits per heavy atom. The van der Waals surface area contributed by atoms with E-state index in [2.05, 4.69) is 15.6 Å². The molecule has 1 heterocycles. The third-order valence-corrected chi connectivity index (χ3v) is 4.56. The van der Waals surface area contributed by atoms with Crippen LogP contribution in [0.25, 0.3) is 0 Å².